The minimum absolute atomic E-state index is 0.147. The zero-order valence-corrected chi connectivity index (χ0v) is 13.3. The van der Waals surface area contributed by atoms with Crippen LogP contribution in [-0.4, -0.2) is 49.7 Å². The molecule has 1 aliphatic heterocycles. The number of hydrogen-bond acceptors (Lipinski definition) is 4. The molecule has 0 amide bonds. The molecule has 0 aromatic heterocycles. The fourth-order valence-corrected chi connectivity index (χ4v) is 3.42. The van der Waals surface area contributed by atoms with E-state index in [4.69, 9.17) is 5.11 Å². The molecule has 6 nitrogen and oxygen atoms in total. The fourth-order valence-electron chi connectivity index (χ4n) is 2.22. The lowest BCUT2D eigenvalue weighted by molar-refractivity contribution is -0.135. The number of anilines is 1. The molecule has 1 aliphatic rings. The van der Waals surface area contributed by atoms with Crippen molar-refractivity contribution in [1.82, 2.24) is 4.31 Å². The zero-order valence-electron chi connectivity index (χ0n) is 10.9. The smallest absolute Gasteiger partial charge is 0.323 e. The zero-order chi connectivity index (χ0) is 14.9. The summed E-state index contributed by atoms with van der Waals surface area (Å²) in [5.41, 5.74) is 1.56. The van der Waals surface area contributed by atoms with Crippen LogP contribution in [0.4, 0.5) is 5.69 Å². The second kappa shape index (κ2) is 5.71. The minimum Gasteiger partial charge on any atom is -0.480 e. The van der Waals surface area contributed by atoms with Gasteiger partial charge in [-0.2, -0.15) is 4.31 Å². The van der Waals surface area contributed by atoms with Crippen molar-refractivity contribution in [2.75, 3.05) is 30.8 Å². The number of carbonyl (C=O) groups is 1. The highest BCUT2D eigenvalue weighted by molar-refractivity contribution is 9.10. The molecule has 110 valence electrons. The van der Waals surface area contributed by atoms with Crippen molar-refractivity contribution in [2.24, 2.45) is 0 Å². The summed E-state index contributed by atoms with van der Waals surface area (Å²) in [6.07, 6.45) is 1.16. The third-order valence-corrected chi connectivity index (χ3v) is 4.89. The lowest BCUT2D eigenvalue weighted by Gasteiger charge is -2.22. The number of hydrogen-bond donors (Lipinski definition) is 1. The van der Waals surface area contributed by atoms with Gasteiger partial charge in [0, 0.05) is 29.8 Å². The lowest BCUT2D eigenvalue weighted by atomic mass is 10.1. The van der Waals surface area contributed by atoms with Crippen LogP contribution in [0.5, 0.6) is 0 Å². The first-order valence-corrected chi connectivity index (χ1v) is 8.62. The first kappa shape index (κ1) is 15.3. The molecular formula is C12H15BrN2O4S. The van der Waals surface area contributed by atoms with Gasteiger partial charge in [-0.25, -0.2) is 8.42 Å². The van der Waals surface area contributed by atoms with Crippen LogP contribution in [0.3, 0.4) is 0 Å². The molecule has 0 unspecified atom stereocenters. The molecule has 1 aromatic rings. The Kier molecular flexibility index (Phi) is 4.36. The number of carboxylic acids is 1. The number of rotatable bonds is 3. The van der Waals surface area contributed by atoms with Crippen LogP contribution in [0.15, 0.2) is 22.7 Å². The van der Waals surface area contributed by atoms with Crippen molar-refractivity contribution >= 4 is 37.6 Å². The van der Waals surface area contributed by atoms with Crippen LogP contribution < -0.4 is 4.90 Å². The van der Waals surface area contributed by atoms with Gasteiger partial charge in [-0.1, -0.05) is 15.9 Å². The summed E-state index contributed by atoms with van der Waals surface area (Å²) in [6, 6.07) is 5.46. The number of fused-ring (bicyclic) bond motifs is 1. The second-order valence-electron chi connectivity index (χ2n) is 4.68. The van der Waals surface area contributed by atoms with E-state index in [1.807, 2.05) is 18.2 Å². The number of halogens is 1. The summed E-state index contributed by atoms with van der Waals surface area (Å²) < 4.78 is 25.7. The summed E-state index contributed by atoms with van der Waals surface area (Å²) in [5.74, 6) is -0.938. The molecule has 1 N–H and O–H groups in total. The first-order chi connectivity index (χ1) is 9.27. The van der Waals surface area contributed by atoms with Gasteiger partial charge < -0.3 is 10.0 Å². The molecule has 0 spiro atoms. The summed E-state index contributed by atoms with van der Waals surface area (Å²) in [5, 5.41) is 8.98. The molecule has 0 saturated carbocycles. The molecule has 0 aliphatic carbocycles. The first-order valence-electron chi connectivity index (χ1n) is 5.97. The minimum atomic E-state index is -3.31. The molecule has 1 heterocycles. The summed E-state index contributed by atoms with van der Waals surface area (Å²) in [4.78, 5) is 12.6. The van der Waals surface area contributed by atoms with Crippen molar-refractivity contribution in [3.63, 3.8) is 0 Å². The SMILES string of the molecule is CS(=O)(=O)N1CCN(CC(=O)O)c2ccc(Br)cc2C1. The highest BCUT2D eigenvalue weighted by atomic mass is 79.9. The maximum Gasteiger partial charge on any atom is 0.323 e. The van der Waals surface area contributed by atoms with Crippen LogP contribution in [-0.2, 0) is 21.4 Å². The molecule has 20 heavy (non-hydrogen) atoms. The van der Waals surface area contributed by atoms with Crippen molar-refractivity contribution in [3.8, 4) is 0 Å². The van der Waals surface area contributed by atoms with E-state index < -0.39 is 16.0 Å². The van der Waals surface area contributed by atoms with Gasteiger partial charge in [-0.3, -0.25) is 4.79 Å². The topological polar surface area (TPSA) is 77.9 Å². The number of carboxylic acid groups (broad SMARTS) is 1. The predicted molar refractivity (Wildman–Crippen MR) is 79.2 cm³/mol. The van der Waals surface area contributed by atoms with Crippen LogP contribution in [0.2, 0.25) is 0 Å². The number of nitrogens with zero attached hydrogens (tertiary/aromatic N) is 2. The molecule has 0 radical (unpaired) electrons. The van der Waals surface area contributed by atoms with E-state index in [-0.39, 0.29) is 19.6 Å². The van der Waals surface area contributed by atoms with Crippen LogP contribution >= 0.6 is 15.9 Å². The quantitative estimate of drug-likeness (QED) is 0.871. The maximum atomic E-state index is 11.7. The van der Waals surface area contributed by atoms with Crippen LogP contribution in [0.1, 0.15) is 5.56 Å². The number of sulfonamides is 1. The number of aliphatic carboxylic acids is 1. The molecule has 8 heteroatoms. The monoisotopic (exact) mass is 362 g/mol. The Hall–Kier alpha value is -1.12. The Balaban J connectivity index is 2.42. The average Bonchev–Trinajstić information content (AvgIpc) is 2.47. The van der Waals surface area contributed by atoms with Gasteiger partial charge in [-0.05, 0) is 23.8 Å². The molecule has 2 rings (SSSR count). The van der Waals surface area contributed by atoms with Gasteiger partial charge in [0.05, 0.1) is 6.26 Å². The Bertz CT molecular complexity index is 632. The highest BCUT2D eigenvalue weighted by Crippen LogP contribution is 2.28. The van der Waals surface area contributed by atoms with E-state index in [9.17, 15) is 13.2 Å². The summed E-state index contributed by atoms with van der Waals surface area (Å²) in [7, 11) is -3.31. The van der Waals surface area contributed by atoms with Gasteiger partial charge in [0.1, 0.15) is 6.54 Å². The average molecular weight is 363 g/mol. The van der Waals surface area contributed by atoms with Crippen molar-refractivity contribution in [2.45, 2.75) is 6.54 Å². The van der Waals surface area contributed by atoms with Gasteiger partial charge in [0.15, 0.2) is 0 Å². The summed E-state index contributed by atoms with van der Waals surface area (Å²) in [6.45, 7) is 0.738. The van der Waals surface area contributed by atoms with Gasteiger partial charge in [-0.15, -0.1) is 0 Å². The van der Waals surface area contributed by atoms with E-state index in [1.54, 1.807) is 4.90 Å². The molecule has 0 saturated heterocycles. The standard InChI is InChI=1S/C12H15BrN2O4S/c1-20(18,19)15-5-4-14(8-12(16)17)11-3-2-10(13)6-9(11)7-15/h2-3,6H,4-5,7-8H2,1H3,(H,16,17). The van der Waals surface area contributed by atoms with Crippen molar-refractivity contribution in [3.05, 3.63) is 28.2 Å². The predicted octanol–water partition coefficient (Wildman–Crippen LogP) is 1.12. The van der Waals surface area contributed by atoms with Crippen LogP contribution in [0, 0.1) is 0 Å². The Morgan fingerprint density at radius 1 is 1.40 bits per heavy atom. The molecule has 1 aromatic carbocycles. The Labute approximate surface area is 126 Å². The van der Waals surface area contributed by atoms with Crippen LogP contribution in [0.25, 0.3) is 0 Å². The van der Waals surface area contributed by atoms with E-state index in [1.165, 1.54) is 4.31 Å². The Morgan fingerprint density at radius 2 is 2.10 bits per heavy atom. The Morgan fingerprint density at radius 3 is 2.70 bits per heavy atom. The lowest BCUT2D eigenvalue weighted by Crippen LogP contribution is -2.36. The van der Waals surface area contributed by atoms with Crippen molar-refractivity contribution in [1.29, 1.82) is 0 Å². The van der Waals surface area contributed by atoms with Gasteiger partial charge in [0.2, 0.25) is 10.0 Å². The van der Waals surface area contributed by atoms with E-state index in [2.05, 4.69) is 15.9 Å². The molecule has 0 atom stereocenters. The second-order valence-corrected chi connectivity index (χ2v) is 7.58. The van der Waals surface area contributed by atoms with Gasteiger partial charge in [0.25, 0.3) is 0 Å². The van der Waals surface area contributed by atoms with E-state index >= 15 is 0 Å². The third-order valence-electron chi connectivity index (χ3n) is 3.14. The van der Waals surface area contributed by atoms with E-state index in [0.29, 0.717) is 6.54 Å². The summed E-state index contributed by atoms with van der Waals surface area (Å²) >= 11 is 3.35. The molecule has 0 bridgehead atoms. The highest BCUT2D eigenvalue weighted by Gasteiger charge is 2.25. The normalized spacial score (nSPS) is 16.6. The van der Waals surface area contributed by atoms with E-state index in [0.717, 1.165) is 22.0 Å². The largest absolute Gasteiger partial charge is 0.480 e. The number of benzene rings is 1. The molecule has 0 fully saturated rings. The van der Waals surface area contributed by atoms with Crippen molar-refractivity contribution < 1.29 is 18.3 Å². The fraction of sp³-hybridized carbons (Fsp3) is 0.417. The molecular weight excluding hydrogens is 348 g/mol. The van der Waals surface area contributed by atoms with Gasteiger partial charge >= 0.3 is 5.97 Å². The third kappa shape index (κ3) is 3.50. The maximum absolute atomic E-state index is 11.7.